The molecule has 0 spiro atoms. The van der Waals surface area contributed by atoms with Gasteiger partial charge in [0.15, 0.2) is 11.0 Å². The summed E-state index contributed by atoms with van der Waals surface area (Å²) < 4.78 is 20.3. The van der Waals surface area contributed by atoms with Crippen LogP contribution in [0, 0.1) is 5.82 Å². The number of nitrogens with zero attached hydrogens (tertiary/aromatic N) is 3. The number of nitrogens with one attached hydrogen (secondary N) is 1. The summed E-state index contributed by atoms with van der Waals surface area (Å²) in [5, 5.41) is 13.2. The van der Waals surface area contributed by atoms with Crippen LogP contribution in [-0.4, -0.2) is 27.8 Å². The van der Waals surface area contributed by atoms with Gasteiger partial charge in [0.1, 0.15) is 11.6 Å². The number of halogens is 3. The number of methoxy groups -OCH3 is 1. The molecule has 4 aromatic rings. The van der Waals surface area contributed by atoms with Crippen LogP contribution < -0.4 is 10.1 Å². The number of aromatic nitrogens is 3. The Morgan fingerprint density at radius 3 is 2.63 bits per heavy atom. The number of benzene rings is 3. The fraction of sp³-hybridized carbons (Fsp3) is 0.160. The van der Waals surface area contributed by atoms with Crippen molar-refractivity contribution in [2.75, 3.05) is 7.11 Å². The van der Waals surface area contributed by atoms with Crippen molar-refractivity contribution in [1.29, 1.82) is 0 Å². The first kappa shape index (κ1) is 25.0. The maximum atomic E-state index is 13.2. The van der Waals surface area contributed by atoms with Gasteiger partial charge in [-0.3, -0.25) is 9.36 Å². The first-order valence-electron chi connectivity index (χ1n) is 10.6. The van der Waals surface area contributed by atoms with E-state index in [1.54, 1.807) is 36.8 Å². The van der Waals surface area contributed by atoms with Crippen molar-refractivity contribution in [1.82, 2.24) is 20.1 Å². The molecule has 6 nitrogen and oxygen atoms in total. The molecule has 0 fully saturated rings. The first-order valence-corrected chi connectivity index (χ1v) is 12.3. The number of carbonyl (C=O) groups excluding carboxylic acids is 1. The molecular weight excluding hydrogens is 510 g/mol. The van der Waals surface area contributed by atoms with Crippen LogP contribution in [0.5, 0.6) is 5.75 Å². The minimum Gasteiger partial charge on any atom is -0.497 e. The van der Waals surface area contributed by atoms with Crippen molar-refractivity contribution in [2.45, 2.75) is 23.9 Å². The quantitative estimate of drug-likeness (QED) is 0.263. The van der Waals surface area contributed by atoms with Crippen LogP contribution in [0.15, 0.2) is 71.9 Å². The van der Waals surface area contributed by atoms with E-state index >= 15 is 0 Å². The molecule has 3 aromatic carbocycles. The number of hydrogen-bond acceptors (Lipinski definition) is 5. The average molecular weight is 531 g/mol. The molecule has 1 heterocycles. The van der Waals surface area contributed by atoms with E-state index in [0.717, 1.165) is 11.3 Å². The Balaban J connectivity index is 1.66. The summed E-state index contributed by atoms with van der Waals surface area (Å²) in [6, 6.07) is 17.6. The van der Waals surface area contributed by atoms with Gasteiger partial charge in [-0.25, -0.2) is 4.39 Å². The summed E-state index contributed by atoms with van der Waals surface area (Å²) in [6.45, 7) is 1.79. The van der Waals surface area contributed by atoms with E-state index in [0.29, 0.717) is 38.0 Å². The molecule has 0 saturated carbocycles. The fourth-order valence-electron chi connectivity index (χ4n) is 3.39. The summed E-state index contributed by atoms with van der Waals surface area (Å²) in [7, 11) is 1.62. The molecule has 1 N–H and O–H groups in total. The third-order valence-electron chi connectivity index (χ3n) is 5.15. The van der Waals surface area contributed by atoms with Crippen molar-refractivity contribution in [3.8, 4) is 11.4 Å². The highest BCUT2D eigenvalue weighted by molar-refractivity contribution is 7.98. The molecule has 0 bridgehead atoms. The lowest BCUT2D eigenvalue weighted by molar-refractivity contribution is 0.0938. The second kappa shape index (κ2) is 11.1. The highest BCUT2D eigenvalue weighted by atomic mass is 35.5. The molecule has 0 aliphatic rings. The van der Waals surface area contributed by atoms with Gasteiger partial charge in [0, 0.05) is 16.3 Å². The van der Waals surface area contributed by atoms with Crippen LogP contribution in [0.1, 0.15) is 34.7 Å². The number of thioether (sulfide) groups is 1. The Morgan fingerprint density at radius 1 is 1.11 bits per heavy atom. The van der Waals surface area contributed by atoms with Crippen molar-refractivity contribution >= 4 is 40.9 Å². The Morgan fingerprint density at radius 2 is 1.89 bits per heavy atom. The molecule has 0 radical (unpaired) electrons. The maximum Gasteiger partial charge on any atom is 0.251 e. The minimum atomic E-state index is -0.540. The lowest BCUT2D eigenvalue weighted by Crippen LogP contribution is -2.28. The lowest BCUT2D eigenvalue weighted by atomic mass is 10.2. The molecule has 0 aliphatic carbocycles. The highest BCUT2D eigenvalue weighted by Gasteiger charge is 2.23. The van der Waals surface area contributed by atoms with Gasteiger partial charge in [-0.2, -0.15) is 0 Å². The number of amides is 1. The zero-order valence-electron chi connectivity index (χ0n) is 18.8. The van der Waals surface area contributed by atoms with E-state index in [9.17, 15) is 9.18 Å². The SMILES string of the molecule is COc1cccc(CSc2nnc(C(C)NC(=O)c3ccc(F)cc3)n2-c2cc(Cl)ccc2Cl)c1. The van der Waals surface area contributed by atoms with Gasteiger partial charge in [0.2, 0.25) is 0 Å². The van der Waals surface area contributed by atoms with Gasteiger partial charge in [0.05, 0.1) is 23.9 Å². The van der Waals surface area contributed by atoms with Gasteiger partial charge in [0.25, 0.3) is 5.91 Å². The Labute approximate surface area is 216 Å². The highest BCUT2D eigenvalue weighted by Crippen LogP contribution is 2.33. The minimum absolute atomic E-state index is 0.331. The Bertz CT molecular complexity index is 1350. The zero-order valence-corrected chi connectivity index (χ0v) is 21.2. The Hall–Kier alpha value is -3.07. The predicted molar refractivity (Wildman–Crippen MR) is 136 cm³/mol. The average Bonchev–Trinajstić information content (AvgIpc) is 3.28. The maximum absolute atomic E-state index is 13.2. The molecule has 1 unspecified atom stereocenters. The molecule has 1 atom stereocenters. The summed E-state index contributed by atoms with van der Waals surface area (Å²) in [6.07, 6.45) is 0. The lowest BCUT2D eigenvalue weighted by Gasteiger charge is -2.17. The molecule has 1 amide bonds. The van der Waals surface area contributed by atoms with E-state index in [2.05, 4.69) is 15.5 Å². The van der Waals surface area contributed by atoms with E-state index in [-0.39, 0.29) is 5.91 Å². The smallest absolute Gasteiger partial charge is 0.251 e. The molecule has 10 heteroatoms. The molecule has 4 rings (SSSR count). The zero-order chi connectivity index (χ0) is 24.9. The van der Waals surface area contributed by atoms with E-state index in [1.165, 1.54) is 36.0 Å². The van der Waals surface area contributed by atoms with Crippen molar-refractivity contribution in [3.63, 3.8) is 0 Å². The van der Waals surface area contributed by atoms with Crippen molar-refractivity contribution in [3.05, 3.63) is 99.5 Å². The molecule has 0 saturated heterocycles. The third-order valence-corrected chi connectivity index (χ3v) is 6.71. The molecular formula is C25H21Cl2FN4O2S. The first-order chi connectivity index (χ1) is 16.9. The Kier molecular flexibility index (Phi) is 7.95. The second-order valence-corrected chi connectivity index (χ2v) is 9.40. The largest absolute Gasteiger partial charge is 0.497 e. The van der Waals surface area contributed by atoms with Crippen molar-refractivity contribution in [2.24, 2.45) is 0 Å². The summed E-state index contributed by atoms with van der Waals surface area (Å²) in [5.41, 5.74) is 1.97. The molecule has 1 aromatic heterocycles. The van der Waals surface area contributed by atoms with Crippen LogP contribution in [0.25, 0.3) is 5.69 Å². The molecule has 35 heavy (non-hydrogen) atoms. The monoisotopic (exact) mass is 530 g/mol. The van der Waals surface area contributed by atoms with Gasteiger partial charge >= 0.3 is 0 Å². The number of rotatable bonds is 8. The standard InChI is InChI=1S/C25H21Cl2FN4O2S/c1-15(29-24(33)17-6-9-19(28)10-7-17)23-30-31-25(32(23)22-13-18(26)8-11-21(22)27)35-14-16-4-3-5-20(12-16)34-2/h3-13,15H,14H2,1-2H3,(H,29,33). The second-order valence-electron chi connectivity index (χ2n) is 7.61. The summed E-state index contributed by atoms with van der Waals surface area (Å²) in [5.74, 6) is 1.06. The van der Waals surface area contributed by atoms with Crippen LogP contribution in [0.3, 0.4) is 0 Å². The van der Waals surface area contributed by atoms with Gasteiger partial charge in [-0.05, 0) is 67.1 Å². The summed E-state index contributed by atoms with van der Waals surface area (Å²) >= 11 is 14.3. The van der Waals surface area contributed by atoms with E-state index in [1.807, 2.05) is 24.3 Å². The fourth-order valence-corrected chi connectivity index (χ4v) is 4.66. The summed E-state index contributed by atoms with van der Waals surface area (Å²) in [4.78, 5) is 12.7. The third kappa shape index (κ3) is 5.96. The van der Waals surface area contributed by atoms with Gasteiger partial charge < -0.3 is 10.1 Å². The van der Waals surface area contributed by atoms with Crippen LogP contribution in [0.2, 0.25) is 10.0 Å². The number of carbonyl (C=O) groups is 1. The number of ether oxygens (including phenoxy) is 1. The van der Waals surface area contributed by atoms with E-state index < -0.39 is 11.9 Å². The topological polar surface area (TPSA) is 69.0 Å². The predicted octanol–water partition coefficient (Wildman–Crippen LogP) is 6.51. The molecule has 0 aliphatic heterocycles. The van der Waals surface area contributed by atoms with E-state index in [4.69, 9.17) is 27.9 Å². The van der Waals surface area contributed by atoms with Gasteiger partial charge in [-0.15, -0.1) is 10.2 Å². The van der Waals surface area contributed by atoms with Crippen LogP contribution in [-0.2, 0) is 5.75 Å². The number of hydrogen-bond donors (Lipinski definition) is 1. The normalized spacial score (nSPS) is 11.8. The van der Waals surface area contributed by atoms with Crippen LogP contribution in [0.4, 0.5) is 4.39 Å². The molecule has 180 valence electrons. The van der Waals surface area contributed by atoms with Gasteiger partial charge in [-0.1, -0.05) is 47.1 Å². The van der Waals surface area contributed by atoms with Crippen LogP contribution >= 0.6 is 35.0 Å². The van der Waals surface area contributed by atoms with Crippen molar-refractivity contribution < 1.29 is 13.9 Å².